The third-order valence-corrected chi connectivity index (χ3v) is 3.45. The van der Waals surface area contributed by atoms with Crippen LogP contribution < -0.4 is 5.32 Å². The number of ether oxygens (including phenoxy) is 1. The molecule has 0 unspecified atom stereocenters. The zero-order valence-electron chi connectivity index (χ0n) is 13.8. The summed E-state index contributed by atoms with van der Waals surface area (Å²) >= 11 is 0. The second-order valence-corrected chi connectivity index (χ2v) is 5.33. The van der Waals surface area contributed by atoms with E-state index in [-0.39, 0.29) is 12.3 Å². The Hall–Kier alpha value is -3.35. The summed E-state index contributed by atoms with van der Waals surface area (Å²) in [5.41, 5.74) is 1.67. The Morgan fingerprint density at radius 1 is 1.24 bits per heavy atom. The minimum atomic E-state index is -0.436. The topological polar surface area (TPSA) is 97.2 Å². The molecule has 3 aromatic rings. The van der Waals surface area contributed by atoms with Crippen LogP contribution in [0.25, 0.3) is 11.5 Å². The maximum atomic E-state index is 12.3. The lowest BCUT2D eigenvalue weighted by Crippen LogP contribution is -2.13. The van der Waals surface area contributed by atoms with Gasteiger partial charge in [0.25, 0.3) is 5.91 Å². The van der Waals surface area contributed by atoms with Gasteiger partial charge in [-0.05, 0) is 44.2 Å². The van der Waals surface area contributed by atoms with Gasteiger partial charge in [-0.2, -0.15) is 5.10 Å². The van der Waals surface area contributed by atoms with E-state index in [0.717, 1.165) is 5.76 Å². The fraction of sp³-hybridized carbons (Fsp3) is 0.167. The van der Waals surface area contributed by atoms with Gasteiger partial charge < -0.3 is 14.5 Å². The number of nitrogens with zero attached hydrogens (tertiary/aromatic N) is 1. The Balaban J connectivity index is 1.73. The molecular formula is C18H17N3O4. The Morgan fingerprint density at radius 2 is 2.08 bits per heavy atom. The molecule has 3 rings (SSSR count). The molecule has 7 heteroatoms. The van der Waals surface area contributed by atoms with Crippen LogP contribution in [0.5, 0.6) is 0 Å². The SMILES string of the molecule is CCOC(=O)c1cccc(NC(=O)c2cc(-c3ccc(C)o3)[nH]n2)c1. The third-order valence-electron chi connectivity index (χ3n) is 3.45. The average Bonchev–Trinajstić information content (AvgIpc) is 3.24. The summed E-state index contributed by atoms with van der Waals surface area (Å²) in [6.07, 6.45) is 0. The normalized spacial score (nSPS) is 10.5. The first-order valence-electron chi connectivity index (χ1n) is 7.77. The van der Waals surface area contributed by atoms with E-state index in [9.17, 15) is 9.59 Å². The number of hydrogen-bond donors (Lipinski definition) is 2. The van der Waals surface area contributed by atoms with Crippen LogP contribution in [-0.2, 0) is 4.74 Å². The molecule has 1 amide bonds. The number of amides is 1. The first kappa shape index (κ1) is 16.5. The number of carbonyl (C=O) groups is 2. The van der Waals surface area contributed by atoms with Crippen molar-refractivity contribution in [2.75, 3.05) is 11.9 Å². The third kappa shape index (κ3) is 3.77. The first-order valence-corrected chi connectivity index (χ1v) is 7.77. The quantitative estimate of drug-likeness (QED) is 0.694. The summed E-state index contributed by atoms with van der Waals surface area (Å²) in [5.74, 6) is 0.542. The summed E-state index contributed by atoms with van der Waals surface area (Å²) in [7, 11) is 0. The number of nitrogens with one attached hydrogen (secondary N) is 2. The molecule has 0 radical (unpaired) electrons. The number of anilines is 1. The minimum absolute atomic E-state index is 0.214. The van der Waals surface area contributed by atoms with E-state index in [0.29, 0.717) is 22.7 Å². The summed E-state index contributed by atoms with van der Waals surface area (Å²) in [6, 6.07) is 11.8. The van der Waals surface area contributed by atoms with Gasteiger partial charge in [-0.25, -0.2) is 4.79 Å². The van der Waals surface area contributed by atoms with E-state index in [2.05, 4.69) is 15.5 Å². The van der Waals surface area contributed by atoms with E-state index in [4.69, 9.17) is 9.15 Å². The van der Waals surface area contributed by atoms with Crippen molar-refractivity contribution >= 4 is 17.6 Å². The first-order chi connectivity index (χ1) is 12.1. The van der Waals surface area contributed by atoms with Gasteiger partial charge >= 0.3 is 5.97 Å². The van der Waals surface area contributed by atoms with Crippen molar-refractivity contribution in [2.45, 2.75) is 13.8 Å². The smallest absolute Gasteiger partial charge is 0.338 e. The summed E-state index contributed by atoms with van der Waals surface area (Å²) in [6.45, 7) is 3.86. The van der Waals surface area contributed by atoms with Crippen LogP contribution in [0.3, 0.4) is 0 Å². The molecule has 2 N–H and O–H groups in total. The molecule has 2 aromatic heterocycles. The number of aryl methyl sites for hydroxylation is 1. The molecule has 0 atom stereocenters. The highest BCUT2D eigenvalue weighted by Gasteiger charge is 2.14. The highest BCUT2D eigenvalue weighted by Crippen LogP contribution is 2.21. The summed E-state index contributed by atoms with van der Waals surface area (Å²) in [5, 5.41) is 9.47. The van der Waals surface area contributed by atoms with Gasteiger partial charge in [0.2, 0.25) is 0 Å². The maximum Gasteiger partial charge on any atom is 0.338 e. The lowest BCUT2D eigenvalue weighted by Gasteiger charge is -2.06. The zero-order valence-corrected chi connectivity index (χ0v) is 13.8. The molecule has 128 valence electrons. The number of hydrogen-bond acceptors (Lipinski definition) is 5. The minimum Gasteiger partial charge on any atom is -0.462 e. The number of esters is 1. The van der Waals surface area contributed by atoms with Gasteiger partial charge in [-0.3, -0.25) is 9.89 Å². The molecule has 0 saturated carbocycles. The molecule has 0 saturated heterocycles. The van der Waals surface area contributed by atoms with Crippen molar-refractivity contribution in [2.24, 2.45) is 0 Å². The van der Waals surface area contributed by atoms with Gasteiger partial charge in [-0.1, -0.05) is 6.07 Å². The van der Waals surface area contributed by atoms with Crippen molar-refractivity contribution in [3.05, 3.63) is 59.5 Å². The zero-order chi connectivity index (χ0) is 17.8. The molecule has 2 heterocycles. The van der Waals surface area contributed by atoms with Crippen LogP contribution in [-0.4, -0.2) is 28.7 Å². The van der Waals surface area contributed by atoms with Crippen molar-refractivity contribution in [1.82, 2.24) is 10.2 Å². The largest absolute Gasteiger partial charge is 0.462 e. The van der Waals surface area contributed by atoms with Crippen molar-refractivity contribution in [3.8, 4) is 11.5 Å². The highest BCUT2D eigenvalue weighted by atomic mass is 16.5. The van der Waals surface area contributed by atoms with Gasteiger partial charge in [0, 0.05) is 11.8 Å². The molecule has 25 heavy (non-hydrogen) atoms. The van der Waals surface area contributed by atoms with Crippen LogP contribution in [0.15, 0.2) is 46.9 Å². The lowest BCUT2D eigenvalue weighted by molar-refractivity contribution is 0.0526. The van der Waals surface area contributed by atoms with Crippen molar-refractivity contribution in [1.29, 1.82) is 0 Å². The van der Waals surface area contributed by atoms with Crippen LogP contribution in [0.2, 0.25) is 0 Å². The second kappa shape index (κ2) is 7.04. The lowest BCUT2D eigenvalue weighted by atomic mass is 10.2. The molecule has 0 bridgehead atoms. The standard InChI is InChI=1S/C18H17N3O4/c1-3-24-18(23)12-5-4-6-13(9-12)19-17(22)15-10-14(20-21-15)16-8-7-11(2)25-16/h4-10H,3H2,1-2H3,(H,19,22)(H,20,21). The predicted molar refractivity (Wildman–Crippen MR) is 91.4 cm³/mol. The van der Waals surface area contributed by atoms with Gasteiger partial charge in [0.15, 0.2) is 11.5 Å². The maximum absolute atomic E-state index is 12.3. The number of carbonyl (C=O) groups excluding carboxylic acids is 2. The Bertz CT molecular complexity index is 910. The second-order valence-electron chi connectivity index (χ2n) is 5.33. The summed E-state index contributed by atoms with van der Waals surface area (Å²) in [4.78, 5) is 24.1. The van der Waals surface area contributed by atoms with Gasteiger partial charge in [0.05, 0.1) is 12.2 Å². The number of furan rings is 1. The van der Waals surface area contributed by atoms with E-state index in [1.165, 1.54) is 0 Å². The molecule has 0 aliphatic carbocycles. The van der Waals surface area contributed by atoms with Crippen LogP contribution in [0.4, 0.5) is 5.69 Å². The van der Waals surface area contributed by atoms with Crippen LogP contribution in [0.1, 0.15) is 33.5 Å². The number of rotatable bonds is 5. The van der Waals surface area contributed by atoms with E-state index < -0.39 is 11.9 Å². The van der Waals surface area contributed by atoms with Gasteiger partial charge in [0.1, 0.15) is 11.5 Å². The van der Waals surface area contributed by atoms with Crippen LogP contribution >= 0.6 is 0 Å². The number of H-pyrrole nitrogens is 1. The van der Waals surface area contributed by atoms with E-state index in [1.54, 1.807) is 43.3 Å². The highest BCUT2D eigenvalue weighted by molar-refractivity contribution is 6.04. The number of benzene rings is 1. The molecule has 0 aliphatic heterocycles. The Labute approximate surface area is 144 Å². The fourth-order valence-corrected chi connectivity index (χ4v) is 2.28. The molecule has 1 aromatic carbocycles. The fourth-order valence-electron chi connectivity index (χ4n) is 2.28. The molecule has 0 fully saturated rings. The number of aromatic amines is 1. The summed E-state index contributed by atoms with van der Waals surface area (Å²) < 4.78 is 10.4. The number of aromatic nitrogens is 2. The predicted octanol–water partition coefficient (Wildman–Crippen LogP) is 3.41. The Kier molecular flexibility index (Phi) is 4.65. The molecule has 0 spiro atoms. The molecule has 7 nitrogen and oxygen atoms in total. The molecular weight excluding hydrogens is 322 g/mol. The van der Waals surface area contributed by atoms with Gasteiger partial charge in [-0.15, -0.1) is 0 Å². The van der Waals surface area contributed by atoms with Crippen molar-refractivity contribution in [3.63, 3.8) is 0 Å². The Morgan fingerprint density at radius 3 is 2.80 bits per heavy atom. The van der Waals surface area contributed by atoms with E-state index >= 15 is 0 Å². The molecule has 0 aliphatic rings. The monoisotopic (exact) mass is 339 g/mol. The van der Waals surface area contributed by atoms with E-state index in [1.807, 2.05) is 13.0 Å². The van der Waals surface area contributed by atoms with Crippen LogP contribution in [0, 0.1) is 6.92 Å². The average molecular weight is 339 g/mol. The van der Waals surface area contributed by atoms with Crippen molar-refractivity contribution < 1.29 is 18.7 Å².